The van der Waals surface area contributed by atoms with Gasteiger partial charge in [-0.25, -0.2) is 0 Å². The molecule has 0 radical (unpaired) electrons. The Balaban J connectivity index is 2.95. The molecule has 0 saturated heterocycles. The number of carbonyl (C=O) groups excluding carboxylic acids is 1. The van der Waals surface area contributed by atoms with Gasteiger partial charge in [-0.05, 0) is 25.1 Å². The smallest absolute Gasteiger partial charge is 0.323 e. The van der Waals surface area contributed by atoms with Gasteiger partial charge in [0.15, 0.2) is 0 Å². The molecule has 1 aromatic carbocycles. The van der Waals surface area contributed by atoms with Crippen LogP contribution in [0.5, 0.6) is 0 Å². The number of alkyl halides is 3. The molecule has 7 heteroatoms. The molecular weight excluding hydrogens is 257 g/mol. The molecule has 1 unspecified atom stereocenters. The number of carbonyl (C=O) groups is 1. The number of anilines is 1. The first-order chi connectivity index (χ1) is 7.71. The van der Waals surface area contributed by atoms with Gasteiger partial charge in [0.1, 0.15) is 0 Å². The molecule has 1 rings (SSSR count). The number of hydrogen-bond acceptors (Lipinski definition) is 2. The van der Waals surface area contributed by atoms with E-state index in [1.165, 1.54) is 6.92 Å². The molecule has 0 bridgehead atoms. The fraction of sp³-hybridized carbons (Fsp3) is 0.300. The van der Waals surface area contributed by atoms with Gasteiger partial charge in [0.05, 0.1) is 22.3 Å². The number of hydrogen-bond donors (Lipinski definition) is 2. The maximum atomic E-state index is 12.3. The highest BCUT2D eigenvalue weighted by Crippen LogP contribution is 2.33. The van der Waals surface area contributed by atoms with Crippen LogP contribution in [0.1, 0.15) is 12.5 Å². The zero-order chi connectivity index (χ0) is 13.2. The number of benzene rings is 1. The van der Waals surface area contributed by atoms with Crippen LogP contribution < -0.4 is 11.1 Å². The number of nitrogens with one attached hydrogen (secondary N) is 1. The summed E-state index contributed by atoms with van der Waals surface area (Å²) >= 11 is 5.63. The molecule has 1 atom stereocenters. The summed E-state index contributed by atoms with van der Waals surface area (Å²) in [7, 11) is 0. The summed E-state index contributed by atoms with van der Waals surface area (Å²) in [6.45, 7) is 1.45. The average Bonchev–Trinajstić information content (AvgIpc) is 2.19. The van der Waals surface area contributed by atoms with E-state index >= 15 is 0 Å². The van der Waals surface area contributed by atoms with Crippen molar-refractivity contribution < 1.29 is 18.0 Å². The van der Waals surface area contributed by atoms with Crippen LogP contribution in [-0.4, -0.2) is 11.9 Å². The minimum Gasteiger partial charge on any atom is -0.323 e. The lowest BCUT2D eigenvalue weighted by Gasteiger charge is -2.12. The average molecular weight is 267 g/mol. The van der Waals surface area contributed by atoms with Crippen molar-refractivity contribution in [3.63, 3.8) is 0 Å². The second kappa shape index (κ2) is 4.93. The van der Waals surface area contributed by atoms with Crippen LogP contribution in [0.4, 0.5) is 18.9 Å². The Kier molecular flexibility index (Phi) is 4.00. The van der Waals surface area contributed by atoms with Crippen molar-refractivity contribution in [2.45, 2.75) is 19.1 Å². The summed E-state index contributed by atoms with van der Waals surface area (Å²) in [5, 5.41) is 2.14. The van der Waals surface area contributed by atoms with Crippen molar-refractivity contribution in [2.75, 3.05) is 5.32 Å². The normalized spacial score (nSPS) is 13.3. The third kappa shape index (κ3) is 3.61. The van der Waals surface area contributed by atoms with Gasteiger partial charge in [-0.2, -0.15) is 13.2 Å². The van der Waals surface area contributed by atoms with Crippen molar-refractivity contribution in [2.24, 2.45) is 5.73 Å². The minimum absolute atomic E-state index is 0.0990. The Bertz CT molecular complexity index is 432. The van der Waals surface area contributed by atoms with E-state index < -0.39 is 23.7 Å². The van der Waals surface area contributed by atoms with E-state index in [2.05, 4.69) is 5.32 Å². The number of nitrogens with two attached hydrogens (primary N) is 1. The van der Waals surface area contributed by atoms with Crippen molar-refractivity contribution in [1.82, 2.24) is 0 Å². The van der Waals surface area contributed by atoms with E-state index in [4.69, 9.17) is 17.3 Å². The Morgan fingerprint density at radius 1 is 1.47 bits per heavy atom. The van der Waals surface area contributed by atoms with Gasteiger partial charge in [-0.1, -0.05) is 11.6 Å². The first kappa shape index (κ1) is 13.8. The topological polar surface area (TPSA) is 55.1 Å². The van der Waals surface area contributed by atoms with E-state index in [1.807, 2.05) is 0 Å². The molecule has 17 heavy (non-hydrogen) atoms. The van der Waals surface area contributed by atoms with E-state index in [9.17, 15) is 18.0 Å². The third-order valence-electron chi connectivity index (χ3n) is 1.97. The number of amides is 1. The van der Waals surface area contributed by atoms with Crippen LogP contribution >= 0.6 is 11.6 Å². The van der Waals surface area contributed by atoms with Crippen LogP contribution in [0.15, 0.2) is 18.2 Å². The maximum Gasteiger partial charge on any atom is 0.416 e. The second-order valence-electron chi connectivity index (χ2n) is 3.47. The second-order valence-corrected chi connectivity index (χ2v) is 3.88. The molecule has 0 aliphatic rings. The van der Waals surface area contributed by atoms with Crippen LogP contribution in [0.25, 0.3) is 0 Å². The Morgan fingerprint density at radius 3 is 2.47 bits per heavy atom. The number of rotatable bonds is 2. The van der Waals surface area contributed by atoms with Gasteiger partial charge < -0.3 is 11.1 Å². The lowest BCUT2D eigenvalue weighted by Crippen LogP contribution is -2.32. The fourth-order valence-corrected chi connectivity index (χ4v) is 1.27. The molecule has 0 aliphatic heterocycles. The van der Waals surface area contributed by atoms with Gasteiger partial charge in [0.25, 0.3) is 0 Å². The van der Waals surface area contributed by atoms with Crippen molar-refractivity contribution in [3.05, 3.63) is 28.8 Å². The summed E-state index contributed by atoms with van der Waals surface area (Å²) in [5.41, 5.74) is 4.52. The van der Waals surface area contributed by atoms with E-state index in [1.54, 1.807) is 0 Å². The first-order valence-electron chi connectivity index (χ1n) is 4.65. The minimum atomic E-state index is -4.46. The monoisotopic (exact) mass is 266 g/mol. The van der Waals surface area contributed by atoms with Gasteiger partial charge in [0.2, 0.25) is 5.91 Å². The Morgan fingerprint density at radius 2 is 2.06 bits per heavy atom. The van der Waals surface area contributed by atoms with E-state index in [0.29, 0.717) is 0 Å². The summed E-state index contributed by atoms with van der Waals surface area (Å²) in [6.07, 6.45) is -4.46. The molecule has 3 nitrogen and oxygen atoms in total. The Hall–Kier alpha value is -1.27. The van der Waals surface area contributed by atoms with Crippen LogP contribution in [0.3, 0.4) is 0 Å². The zero-order valence-electron chi connectivity index (χ0n) is 8.81. The molecule has 0 heterocycles. The summed E-state index contributed by atoms with van der Waals surface area (Å²) in [5.74, 6) is -0.522. The highest BCUT2D eigenvalue weighted by atomic mass is 35.5. The molecule has 3 N–H and O–H groups in total. The van der Waals surface area contributed by atoms with Gasteiger partial charge in [-0.15, -0.1) is 0 Å². The third-order valence-corrected chi connectivity index (χ3v) is 2.28. The molecule has 0 spiro atoms. The van der Waals surface area contributed by atoms with Crippen LogP contribution in [0.2, 0.25) is 5.02 Å². The maximum absolute atomic E-state index is 12.3. The molecule has 0 saturated carbocycles. The summed E-state index contributed by atoms with van der Waals surface area (Å²) in [6, 6.07) is 1.90. The van der Waals surface area contributed by atoms with Gasteiger partial charge >= 0.3 is 6.18 Å². The molecule has 94 valence electrons. The summed E-state index contributed by atoms with van der Waals surface area (Å²) in [4.78, 5) is 11.2. The first-order valence-corrected chi connectivity index (χ1v) is 5.03. The zero-order valence-corrected chi connectivity index (χ0v) is 9.56. The molecule has 1 amide bonds. The standard InChI is InChI=1S/C10H10ClF3N2O/c1-5(15)9(17)16-8-3-2-6(4-7(8)11)10(12,13)14/h2-5H,15H2,1H3,(H,16,17). The molecule has 0 fully saturated rings. The lowest BCUT2D eigenvalue weighted by molar-refractivity contribution is -0.137. The molecule has 0 aromatic heterocycles. The SMILES string of the molecule is CC(N)C(=O)Nc1ccc(C(F)(F)F)cc1Cl. The lowest BCUT2D eigenvalue weighted by atomic mass is 10.2. The Labute approximate surface area is 101 Å². The van der Waals surface area contributed by atoms with Crippen molar-refractivity contribution in [3.8, 4) is 0 Å². The quantitative estimate of drug-likeness (QED) is 0.865. The van der Waals surface area contributed by atoms with Crippen LogP contribution in [-0.2, 0) is 11.0 Å². The predicted octanol–water partition coefficient (Wildman–Crippen LogP) is 2.64. The van der Waals surface area contributed by atoms with Gasteiger partial charge in [-0.3, -0.25) is 4.79 Å². The molecule has 1 aromatic rings. The van der Waals surface area contributed by atoms with E-state index in [0.717, 1.165) is 18.2 Å². The molecule has 0 aliphatic carbocycles. The van der Waals surface area contributed by atoms with Crippen molar-refractivity contribution >= 4 is 23.2 Å². The summed E-state index contributed by atoms with van der Waals surface area (Å²) < 4.78 is 37.0. The highest BCUT2D eigenvalue weighted by molar-refractivity contribution is 6.33. The predicted molar refractivity (Wildman–Crippen MR) is 58.7 cm³/mol. The van der Waals surface area contributed by atoms with Crippen LogP contribution in [0, 0.1) is 0 Å². The molecular formula is C10H10ClF3N2O. The number of halogens is 4. The fourth-order valence-electron chi connectivity index (χ4n) is 1.04. The van der Waals surface area contributed by atoms with Gasteiger partial charge in [0, 0.05) is 0 Å². The van der Waals surface area contributed by atoms with E-state index in [-0.39, 0.29) is 10.7 Å². The van der Waals surface area contributed by atoms with Crippen molar-refractivity contribution in [1.29, 1.82) is 0 Å². The largest absolute Gasteiger partial charge is 0.416 e. The highest BCUT2D eigenvalue weighted by Gasteiger charge is 2.31.